The number of amides is 1. The van der Waals surface area contributed by atoms with E-state index in [1.54, 1.807) is 18.2 Å². The molecule has 138 valence electrons. The smallest absolute Gasteiger partial charge is 0.258 e. The molecule has 0 aliphatic heterocycles. The largest absolute Gasteiger partial charge is 0.490 e. The fraction of sp³-hybridized carbons (Fsp3) is 0.238. The maximum atomic E-state index is 12.2. The van der Waals surface area contributed by atoms with E-state index in [1.807, 2.05) is 50.2 Å². The van der Waals surface area contributed by atoms with Crippen LogP contribution in [0.4, 0.5) is 0 Å². The van der Waals surface area contributed by atoms with Gasteiger partial charge in [-0.1, -0.05) is 18.2 Å². The highest BCUT2D eigenvalue weighted by atomic mass is 16.5. The van der Waals surface area contributed by atoms with E-state index in [1.165, 1.54) is 0 Å². The molecule has 6 heteroatoms. The molecule has 0 fully saturated rings. The Kier molecular flexibility index (Phi) is 5.62. The van der Waals surface area contributed by atoms with Crippen LogP contribution < -0.4 is 14.8 Å². The molecule has 0 saturated carbocycles. The minimum Gasteiger partial charge on any atom is -0.490 e. The van der Waals surface area contributed by atoms with Crippen molar-refractivity contribution in [3.63, 3.8) is 0 Å². The quantitative estimate of drug-likeness (QED) is 0.686. The van der Waals surface area contributed by atoms with Gasteiger partial charge in [-0.05, 0) is 38.1 Å². The minimum absolute atomic E-state index is 0.170. The van der Waals surface area contributed by atoms with Crippen molar-refractivity contribution in [1.29, 1.82) is 5.26 Å². The molecular formula is C21H20N2O4. The molecule has 0 spiro atoms. The van der Waals surface area contributed by atoms with Gasteiger partial charge in [-0.25, -0.2) is 0 Å². The summed E-state index contributed by atoms with van der Waals surface area (Å²) < 4.78 is 16.8. The molecule has 0 aliphatic rings. The third kappa shape index (κ3) is 4.39. The number of ether oxygens (including phenoxy) is 2. The molecule has 1 amide bonds. The first-order valence-electron chi connectivity index (χ1n) is 8.68. The summed E-state index contributed by atoms with van der Waals surface area (Å²) in [5, 5.41) is 12.8. The Balaban J connectivity index is 1.61. The number of hydrogen-bond donors (Lipinski definition) is 1. The van der Waals surface area contributed by atoms with Gasteiger partial charge in [0.2, 0.25) is 0 Å². The second kappa shape index (κ2) is 8.28. The van der Waals surface area contributed by atoms with Crippen molar-refractivity contribution in [3.8, 4) is 17.6 Å². The first kappa shape index (κ1) is 18.3. The molecule has 0 bridgehead atoms. The molecule has 3 rings (SSSR count). The zero-order valence-corrected chi connectivity index (χ0v) is 15.2. The Morgan fingerprint density at radius 3 is 2.74 bits per heavy atom. The predicted molar refractivity (Wildman–Crippen MR) is 101 cm³/mol. The van der Waals surface area contributed by atoms with Gasteiger partial charge in [-0.3, -0.25) is 4.79 Å². The van der Waals surface area contributed by atoms with Gasteiger partial charge in [0, 0.05) is 11.5 Å². The van der Waals surface area contributed by atoms with E-state index in [0.29, 0.717) is 29.4 Å². The van der Waals surface area contributed by atoms with E-state index in [2.05, 4.69) is 5.32 Å². The first-order chi connectivity index (χ1) is 13.1. The van der Waals surface area contributed by atoms with Crippen molar-refractivity contribution in [2.45, 2.75) is 19.9 Å². The molecule has 0 aliphatic carbocycles. The van der Waals surface area contributed by atoms with Gasteiger partial charge < -0.3 is 19.2 Å². The fourth-order valence-corrected chi connectivity index (χ4v) is 2.68. The Hall–Kier alpha value is -3.46. The number of hydrogen-bond acceptors (Lipinski definition) is 5. The van der Waals surface area contributed by atoms with Crippen LogP contribution in [-0.2, 0) is 4.79 Å². The highest BCUT2D eigenvalue weighted by Crippen LogP contribution is 2.28. The number of furan rings is 1. The number of nitrogens with one attached hydrogen (secondary N) is 1. The summed E-state index contributed by atoms with van der Waals surface area (Å²) in [6.45, 7) is 3.95. The van der Waals surface area contributed by atoms with E-state index in [0.717, 1.165) is 11.0 Å². The van der Waals surface area contributed by atoms with Gasteiger partial charge in [0.25, 0.3) is 5.91 Å². The molecule has 1 heterocycles. The van der Waals surface area contributed by atoms with Crippen LogP contribution in [0.15, 0.2) is 52.9 Å². The van der Waals surface area contributed by atoms with Crippen LogP contribution in [0.3, 0.4) is 0 Å². The SMILES string of the molecule is CCOc1cc(C#N)ccc1OCC(=O)NC(C)c1cc2ccccc2o1. The number of benzene rings is 2. The zero-order chi connectivity index (χ0) is 19.2. The number of carbonyl (C=O) groups is 1. The molecule has 6 nitrogen and oxygen atoms in total. The Morgan fingerprint density at radius 2 is 2.00 bits per heavy atom. The molecule has 1 atom stereocenters. The number of nitriles is 1. The molecule has 27 heavy (non-hydrogen) atoms. The lowest BCUT2D eigenvalue weighted by molar-refractivity contribution is -0.123. The molecule has 1 aromatic heterocycles. The van der Waals surface area contributed by atoms with Gasteiger partial charge in [0.05, 0.1) is 24.3 Å². The summed E-state index contributed by atoms with van der Waals surface area (Å²) >= 11 is 0. The maximum absolute atomic E-state index is 12.2. The van der Waals surface area contributed by atoms with Crippen molar-refractivity contribution in [1.82, 2.24) is 5.32 Å². The molecule has 1 unspecified atom stereocenters. The highest BCUT2D eigenvalue weighted by Gasteiger charge is 2.15. The third-order valence-electron chi connectivity index (χ3n) is 3.98. The summed E-state index contributed by atoms with van der Waals surface area (Å²) in [6.07, 6.45) is 0. The summed E-state index contributed by atoms with van der Waals surface area (Å²) in [7, 11) is 0. The lowest BCUT2D eigenvalue weighted by Crippen LogP contribution is -2.31. The molecule has 2 aromatic carbocycles. The van der Waals surface area contributed by atoms with Crippen molar-refractivity contribution in [3.05, 3.63) is 59.9 Å². The van der Waals surface area contributed by atoms with Gasteiger partial charge in [0.1, 0.15) is 11.3 Å². The van der Waals surface area contributed by atoms with E-state index in [4.69, 9.17) is 19.2 Å². The summed E-state index contributed by atoms with van der Waals surface area (Å²) in [5.41, 5.74) is 1.25. The monoisotopic (exact) mass is 364 g/mol. The van der Waals surface area contributed by atoms with E-state index >= 15 is 0 Å². The third-order valence-corrected chi connectivity index (χ3v) is 3.98. The molecule has 1 N–H and O–H groups in total. The first-order valence-corrected chi connectivity index (χ1v) is 8.68. The number of carbonyl (C=O) groups excluding carboxylic acids is 1. The van der Waals surface area contributed by atoms with Crippen molar-refractivity contribution in [2.24, 2.45) is 0 Å². The molecule has 0 saturated heterocycles. The highest BCUT2D eigenvalue weighted by molar-refractivity contribution is 5.80. The number of rotatable bonds is 7. The van der Waals surface area contributed by atoms with E-state index in [-0.39, 0.29) is 18.6 Å². The Bertz CT molecular complexity index is 954. The second-order valence-corrected chi connectivity index (χ2v) is 5.97. The normalized spacial score (nSPS) is 11.6. The average molecular weight is 364 g/mol. The van der Waals surface area contributed by atoms with Crippen LogP contribution in [0.5, 0.6) is 11.5 Å². The lowest BCUT2D eigenvalue weighted by Gasteiger charge is -2.14. The van der Waals surface area contributed by atoms with Crippen LogP contribution in [0.2, 0.25) is 0 Å². The van der Waals surface area contributed by atoms with Crippen LogP contribution in [0.1, 0.15) is 31.2 Å². The van der Waals surface area contributed by atoms with Gasteiger partial charge >= 0.3 is 0 Å². The van der Waals surface area contributed by atoms with Crippen LogP contribution in [0.25, 0.3) is 11.0 Å². The van der Waals surface area contributed by atoms with Gasteiger partial charge in [0.15, 0.2) is 18.1 Å². The van der Waals surface area contributed by atoms with Crippen molar-refractivity contribution < 1.29 is 18.7 Å². The number of para-hydroxylation sites is 1. The Labute approximate surface area is 157 Å². The minimum atomic E-state index is -0.291. The molecular weight excluding hydrogens is 344 g/mol. The summed E-state index contributed by atoms with van der Waals surface area (Å²) in [4.78, 5) is 12.2. The molecule has 3 aromatic rings. The van der Waals surface area contributed by atoms with Gasteiger partial charge in [-0.15, -0.1) is 0 Å². The van der Waals surface area contributed by atoms with Crippen LogP contribution in [-0.4, -0.2) is 19.1 Å². The zero-order valence-electron chi connectivity index (χ0n) is 15.2. The predicted octanol–water partition coefficient (Wildman–Crippen LogP) is 3.96. The lowest BCUT2D eigenvalue weighted by atomic mass is 10.2. The number of nitrogens with zero attached hydrogens (tertiary/aromatic N) is 1. The Morgan fingerprint density at radius 1 is 1.19 bits per heavy atom. The van der Waals surface area contributed by atoms with Crippen LogP contribution >= 0.6 is 0 Å². The maximum Gasteiger partial charge on any atom is 0.258 e. The topological polar surface area (TPSA) is 84.5 Å². The van der Waals surface area contributed by atoms with Gasteiger partial charge in [-0.2, -0.15) is 5.26 Å². The fourth-order valence-electron chi connectivity index (χ4n) is 2.68. The van der Waals surface area contributed by atoms with Crippen LogP contribution in [0, 0.1) is 11.3 Å². The van der Waals surface area contributed by atoms with Crippen molar-refractivity contribution in [2.75, 3.05) is 13.2 Å². The van der Waals surface area contributed by atoms with E-state index in [9.17, 15) is 4.79 Å². The number of fused-ring (bicyclic) bond motifs is 1. The van der Waals surface area contributed by atoms with E-state index < -0.39 is 0 Å². The summed E-state index contributed by atoms with van der Waals surface area (Å²) in [5.74, 6) is 1.25. The molecule has 0 radical (unpaired) electrons. The second-order valence-electron chi connectivity index (χ2n) is 5.97. The summed E-state index contributed by atoms with van der Waals surface area (Å²) in [6, 6.07) is 16.2. The van der Waals surface area contributed by atoms with Crippen molar-refractivity contribution >= 4 is 16.9 Å². The standard InChI is InChI=1S/C21H20N2O4/c1-3-25-20-10-15(12-22)8-9-18(20)26-13-21(24)23-14(2)19-11-16-6-4-5-7-17(16)27-19/h4-11,14H,3,13H2,1-2H3,(H,23,24). The average Bonchev–Trinajstić information content (AvgIpc) is 3.11.